The van der Waals surface area contributed by atoms with Crippen molar-refractivity contribution in [2.24, 2.45) is 0 Å². The topological polar surface area (TPSA) is 47.4 Å². The second-order valence-corrected chi connectivity index (χ2v) is 8.28. The van der Waals surface area contributed by atoms with Gasteiger partial charge in [-0.25, -0.2) is 0 Å². The van der Waals surface area contributed by atoms with Crippen molar-refractivity contribution in [1.82, 2.24) is 4.90 Å². The quantitative estimate of drug-likeness (QED) is 0.427. The number of thioether (sulfide) groups is 1. The van der Waals surface area contributed by atoms with E-state index in [1.807, 2.05) is 4.90 Å². The molecule has 1 N–H and O–H groups in total. The first kappa shape index (κ1) is 19.5. The molecule has 1 heterocycles. The number of piperazine rings is 1. The van der Waals surface area contributed by atoms with E-state index in [4.69, 9.17) is 5.41 Å². The first-order valence-electron chi connectivity index (χ1n) is 9.45. The third kappa shape index (κ3) is 5.60. The highest BCUT2D eigenvalue weighted by Crippen LogP contribution is 2.28. The van der Waals surface area contributed by atoms with Crippen LogP contribution in [0.5, 0.6) is 0 Å². The maximum Gasteiger partial charge on any atom is 0.209 e. The molecule has 1 amide bonds. The van der Waals surface area contributed by atoms with Gasteiger partial charge in [0, 0.05) is 48.2 Å². The fourth-order valence-electron chi connectivity index (χ4n) is 3.24. The number of carbonyl (C=O) groups excluding carboxylic acids is 1. The number of carbonyl (C=O) groups is 1. The zero-order chi connectivity index (χ0) is 19.1. The predicted molar refractivity (Wildman–Crippen MR) is 114 cm³/mol. The van der Waals surface area contributed by atoms with Crippen molar-refractivity contribution in [3.05, 3.63) is 59.7 Å². The Bertz CT molecular complexity index is 737. The van der Waals surface area contributed by atoms with Gasteiger partial charge in [-0.1, -0.05) is 29.8 Å². The highest BCUT2D eigenvalue weighted by molar-refractivity contribution is 8.00. The summed E-state index contributed by atoms with van der Waals surface area (Å²) in [5.74, 6) is 0. The molecular weight excluding hydrogens is 354 g/mol. The third-order valence-electron chi connectivity index (χ3n) is 4.98. The van der Waals surface area contributed by atoms with Crippen LogP contribution in [0, 0.1) is 12.3 Å². The Hall–Kier alpha value is -2.27. The molecule has 1 aliphatic rings. The standard InChI is InChI=1S/C22H27N3OS/c1-18-2-4-19(5-3-18)6-9-22(16-23)27-21-10-7-20(8-11-21)25-14-12-24(17-26)13-15-25/h2-5,7-8,10-11,16-17,22-23H,6,9,12-15H2,1H3. The summed E-state index contributed by atoms with van der Waals surface area (Å²) in [5.41, 5.74) is 3.82. The molecule has 2 aromatic carbocycles. The van der Waals surface area contributed by atoms with Crippen LogP contribution in [0.3, 0.4) is 0 Å². The van der Waals surface area contributed by atoms with Gasteiger partial charge >= 0.3 is 0 Å². The third-order valence-corrected chi connectivity index (χ3v) is 6.20. The van der Waals surface area contributed by atoms with Crippen LogP contribution >= 0.6 is 11.8 Å². The van der Waals surface area contributed by atoms with Crippen LogP contribution in [-0.2, 0) is 11.2 Å². The smallest absolute Gasteiger partial charge is 0.209 e. The number of hydrogen-bond acceptors (Lipinski definition) is 4. The van der Waals surface area contributed by atoms with E-state index in [2.05, 4.69) is 60.4 Å². The van der Waals surface area contributed by atoms with Crippen molar-refractivity contribution in [2.75, 3.05) is 31.1 Å². The largest absolute Gasteiger partial charge is 0.368 e. The van der Waals surface area contributed by atoms with Crippen molar-refractivity contribution in [3.8, 4) is 0 Å². The summed E-state index contributed by atoms with van der Waals surface area (Å²) in [6.45, 7) is 5.44. The molecule has 1 saturated heterocycles. The molecule has 1 fully saturated rings. The van der Waals surface area contributed by atoms with Crippen molar-refractivity contribution in [1.29, 1.82) is 5.41 Å². The molecule has 0 radical (unpaired) electrons. The lowest BCUT2D eigenvalue weighted by Crippen LogP contribution is -2.45. The lowest BCUT2D eigenvalue weighted by atomic mass is 10.1. The van der Waals surface area contributed by atoms with Crippen LogP contribution in [0.1, 0.15) is 17.5 Å². The molecule has 0 bridgehead atoms. The molecule has 0 aliphatic carbocycles. The van der Waals surface area contributed by atoms with Gasteiger partial charge in [0.15, 0.2) is 0 Å². The van der Waals surface area contributed by atoms with Crippen LogP contribution in [0.15, 0.2) is 53.4 Å². The summed E-state index contributed by atoms with van der Waals surface area (Å²) in [7, 11) is 0. The van der Waals surface area contributed by atoms with Gasteiger partial charge in [0.05, 0.1) is 0 Å². The lowest BCUT2D eigenvalue weighted by Gasteiger charge is -2.34. The molecule has 1 aliphatic heterocycles. The van der Waals surface area contributed by atoms with Crippen molar-refractivity contribution in [3.63, 3.8) is 0 Å². The maximum atomic E-state index is 10.8. The highest BCUT2D eigenvalue weighted by atomic mass is 32.2. The van der Waals surface area contributed by atoms with Crippen LogP contribution in [0.25, 0.3) is 0 Å². The van der Waals surface area contributed by atoms with E-state index in [0.717, 1.165) is 45.4 Å². The van der Waals surface area contributed by atoms with Crippen LogP contribution < -0.4 is 4.90 Å². The van der Waals surface area contributed by atoms with Crippen molar-refractivity contribution >= 4 is 30.1 Å². The van der Waals surface area contributed by atoms with E-state index >= 15 is 0 Å². The molecule has 0 aromatic heterocycles. The molecule has 0 saturated carbocycles. The second kappa shape index (κ2) is 9.60. The summed E-state index contributed by atoms with van der Waals surface area (Å²) in [4.78, 5) is 16.2. The van der Waals surface area contributed by atoms with E-state index < -0.39 is 0 Å². The predicted octanol–water partition coefficient (Wildman–Crippen LogP) is 4.02. The summed E-state index contributed by atoms with van der Waals surface area (Å²) in [6.07, 6.45) is 4.45. The van der Waals surface area contributed by atoms with Crippen molar-refractivity contribution < 1.29 is 4.79 Å². The molecule has 1 unspecified atom stereocenters. The lowest BCUT2D eigenvalue weighted by molar-refractivity contribution is -0.118. The summed E-state index contributed by atoms with van der Waals surface area (Å²) in [5, 5.41) is 7.95. The Labute approximate surface area is 166 Å². The Kier molecular flexibility index (Phi) is 6.93. The number of nitrogens with one attached hydrogen (secondary N) is 1. The van der Waals surface area contributed by atoms with Gasteiger partial charge in [0.1, 0.15) is 0 Å². The van der Waals surface area contributed by atoms with Crippen molar-refractivity contribution in [2.45, 2.75) is 29.9 Å². The average molecular weight is 382 g/mol. The Morgan fingerprint density at radius 1 is 1.04 bits per heavy atom. The minimum atomic E-state index is 0.188. The maximum absolute atomic E-state index is 10.8. The van der Waals surface area contributed by atoms with Gasteiger partial charge in [0.2, 0.25) is 6.41 Å². The monoisotopic (exact) mass is 381 g/mol. The van der Waals surface area contributed by atoms with Gasteiger partial charge in [-0.05, 0) is 49.6 Å². The van der Waals surface area contributed by atoms with Gasteiger partial charge in [-0.15, -0.1) is 11.8 Å². The number of hydrogen-bond donors (Lipinski definition) is 1. The zero-order valence-electron chi connectivity index (χ0n) is 15.8. The Morgan fingerprint density at radius 3 is 2.30 bits per heavy atom. The van der Waals surface area contributed by atoms with E-state index in [1.165, 1.54) is 21.7 Å². The molecule has 5 heteroatoms. The number of anilines is 1. The van der Waals surface area contributed by atoms with Crippen LogP contribution in [-0.4, -0.2) is 49.0 Å². The van der Waals surface area contributed by atoms with Gasteiger partial charge in [-0.3, -0.25) is 4.79 Å². The Balaban J connectivity index is 1.52. The minimum absolute atomic E-state index is 0.188. The zero-order valence-corrected chi connectivity index (χ0v) is 16.6. The molecule has 2 aromatic rings. The summed E-state index contributed by atoms with van der Waals surface area (Å²) in [6, 6.07) is 17.3. The van der Waals surface area contributed by atoms with E-state index in [9.17, 15) is 4.79 Å². The Morgan fingerprint density at radius 2 is 1.70 bits per heavy atom. The number of nitrogens with zero attached hydrogens (tertiary/aromatic N) is 2. The molecule has 4 nitrogen and oxygen atoms in total. The first-order chi connectivity index (χ1) is 13.2. The first-order valence-corrected chi connectivity index (χ1v) is 10.3. The molecule has 142 valence electrons. The van der Waals surface area contributed by atoms with E-state index in [-0.39, 0.29) is 5.25 Å². The fourth-order valence-corrected chi connectivity index (χ4v) is 4.18. The van der Waals surface area contributed by atoms with Crippen LogP contribution in [0.2, 0.25) is 0 Å². The minimum Gasteiger partial charge on any atom is -0.368 e. The SMILES string of the molecule is Cc1ccc(CCC(C=N)Sc2ccc(N3CCN(C=O)CC3)cc2)cc1. The average Bonchev–Trinajstić information content (AvgIpc) is 2.73. The molecular formula is C22H27N3OS. The van der Waals surface area contributed by atoms with E-state index in [1.54, 1.807) is 18.0 Å². The van der Waals surface area contributed by atoms with Gasteiger partial charge < -0.3 is 15.2 Å². The summed E-state index contributed by atoms with van der Waals surface area (Å²) >= 11 is 1.75. The molecule has 0 spiro atoms. The van der Waals surface area contributed by atoms with Gasteiger partial charge in [0.25, 0.3) is 0 Å². The molecule has 3 rings (SSSR count). The van der Waals surface area contributed by atoms with Crippen LogP contribution in [0.4, 0.5) is 5.69 Å². The normalized spacial score (nSPS) is 15.4. The highest BCUT2D eigenvalue weighted by Gasteiger charge is 2.16. The number of aryl methyl sites for hydroxylation is 2. The number of rotatable bonds is 8. The fraction of sp³-hybridized carbons (Fsp3) is 0.364. The second-order valence-electron chi connectivity index (χ2n) is 6.97. The number of benzene rings is 2. The number of amides is 1. The van der Waals surface area contributed by atoms with Gasteiger partial charge in [-0.2, -0.15) is 0 Å². The summed E-state index contributed by atoms with van der Waals surface area (Å²) < 4.78 is 0. The molecule has 27 heavy (non-hydrogen) atoms. The molecule has 1 atom stereocenters. The van der Waals surface area contributed by atoms with E-state index in [0.29, 0.717) is 0 Å².